The number of aromatic nitrogens is 1. The van der Waals surface area contributed by atoms with Gasteiger partial charge in [-0.1, -0.05) is 0 Å². The van der Waals surface area contributed by atoms with E-state index in [1.165, 1.54) is 0 Å². The Morgan fingerprint density at radius 2 is 2.10 bits per heavy atom. The Kier molecular flexibility index (Phi) is 9.89. The molecule has 7 nitrogen and oxygen atoms in total. The summed E-state index contributed by atoms with van der Waals surface area (Å²) in [7, 11) is 3.33. The van der Waals surface area contributed by atoms with Crippen LogP contribution in [0.2, 0.25) is 0 Å². The molecule has 168 valence electrons. The van der Waals surface area contributed by atoms with Gasteiger partial charge in [-0.05, 0) is 38.0 Å². The number of nitrogens with zero attached hydrogens (tertiary/aromatic N) is 1. The number of benzene rings is 1. The smallest absolute Gasteiger partial charge is 0.191 e. The molecular weight excluding hydrogens is 515 g/mol. The van der Waals surface area contributed by atoms with E-state index in [2.05, 4.69) is 26.7 Å². The molecule has 2 heterocycles. The minimum atomic E-state index is -0.655. The van der Waals surface area contributed by atoms with Crippen molar-refractivity contribution in [3.05, 3.63) is 23.9 Å². The number of ether oxygens (including phenoxy) is 2. The molecule has 0 bridgehead atoms. The molecule has 1 fully saturated rings. The fourth-order valence-corrected chi connectivity index (χ4v) is 4.72. The number of hydrogen-bond acceptors (Lipinski definition) is 5. The lowest BCUT2D eigenvalue weighted by Crippen LogP contribution is -2.40. The molecule has 0 amide bonds. The number of halogens is 1. The predicted octanol–water partition coefficient (Wildman–Crippen LogP) is 3.16. The van der Waals surface area contributed by atoms with E-state index in [4.69, 9.17) is 9.47 Å². The molecule has 30 heavy (non-hydrogen) atoms. The van der Waals surface area contributed by atoms with Crippen LogP contribution in [-0.2, 0) is 6.42 Å². The zero-order valence-electron chi connectivity index (χ0n) is 17.9. The van der Waals surface area contributed by atoms with Gasteiger partial charge in [0.25, 0.3) is 0 Å². The van der Waals surface area contributed by atoms with Crippen LogP contribution < -0.4 is 20.1 Å². The average molecular weight is 548 g/mol. The van der Waals surface area contributed by atoms with Crippen LogP contribution >= 0.6 is 35.7 Å². The van der Waals surface area contributed by atoms with Gasteiger partial charge in [0.1, 0.15) is 11.5 Å². The summed E-state index contributed by atoms with van der Waals surface area (Å²) in [6.07, 6.45) is 2.68. The minimum Gasteiger partial charge on any atom is -0.497 e. The van der Waals surface area contributed by atoms with Gasteiger partial charge in [-0.3, -0.25) is 4.99 Å². The second kappa shape index (κ2) is 11.9. The summed E-state index contributed by atoms with van der Waals surface area (Å²) < 4.78 is 10.8. The van der Waals surface area contributed by atoms with Crippen LogP contribution in [0.1, 0.15) is 25.5 Å². The number of methoxy groups -OCH3 is 2. The van der Waals surface area contributed by atoms with Crippen LogP contribution in [0.15, 0.2) is 23.2 Å². The lowest BCUT2D eigenvalue weighted by Gasteiger charge is -2.19. The van der Waals surface area contributed by atoms with E-state index in [0.29, 0.717) is 6.54 Å². The Balaban J connectivity index is 0.00000320. The number of rotatable bonds is 9. The summed E-state index contributed by atoms with van der Waals surface area (Å²) in [6.45, 7) is 4.08. The first-order valence-corrected chi connectivity index (χ1v) is 11.3. The second-order valence-corrected chi connectivity index (χ2v) is 8.44. The number of H-pyrrole nitrogens is 1. The first-order chi connectivity index (χ1) is 14.1. The molecule has 0 aliphatic carbocycles. The Bertz CT molecular complexity index is 837. The van der Waals surface area contributed by atoms with Gasteiger partial charge < -0.3 is 30.2 Å². The van der Waals surface area contributed by atoms with Crippen LogP contribution in [0.4, 0.5) is 0 Å². The van der Waals surface area contributed by atoms with E-state index in [1.807, 2.05) is 19.1 Å². The minimum absolute atomic E-state index is 0. The van der Waals surface area contributed by atoms with E-state index in [-0.39, 0.29) is 24.0 Å². The van der Waals surface area contributed by atoms with Crippen LogP contribution in [0.3, 0.4) is 0 Å². The molecule has 4 N–H and O–H groups in total. The zero-order chi connectivity index (χ0) is 20.7. The second-order valence-electron chi connectivity index (χ2n) is 7.34. The van der Waals surface area contributed by atoms with Gasteiger partial charge in [0.15, 0.2) is 5.96 Å². The van der Waals surface area contributed by atoms with E-state index >= 15 is 0 Å². The van der Waals surface area contributed by atoms with Gasteiger partial charge in [-0.25, -0.2) is 0 Å². The highest BCUT2D eigenvalue weighted by atomic mass is 127. The summed E-state index contributed by atoms with van der Waals surface area (Å²) in [5.41, 5.74) is 1.52. The van der Waals surface area contributed by atoms with Crippen LogP contribution in [0, 0.1) is 0 Å². The number of aryl methyl sites for hydroxylation is 1. The summed E-state index contributed by atoms with van der Waals surface area (Å²) in [5, 5.41) is 18.2. The summed E-state index contributed by atoms with van der Waals surface area (Å²) in [6, 6.07) is 6.03. The number of nitrogens with one attached hydrogen (secondary N) is 3. The number of guanidine groups is 1. The number of aliphatic hydroxyl groups is 1. The van der Waals surface area contributed by atoms with Crippen molar-refractivity contribution in [3.63, 3.8) is 0 Å². The fourth-order valence-electron chi connectivity index (χ4n) is 3.43. The number of fused-ring (bicyclic) bond motifs is 1. The topological polar surface area (TPSA) is 90.9 Å². The Hall–Kier alpha value is -1.33. The van der Waals surface area contributed by atoms with Gasteiger partial charge in [-0.15, -0.1) is 24.0 Å². The third-order valence-electron chi connectivity index (χ3n) is 5.06. The number of aliphatic imine (C=N–C) groups is 1. The number of hydrogen-bond donors (Lipinski definition) is 4. The van der Waals surface area contributed by atoms with Crippen molar-refractivity contribution >= 4 is 52.6 Å². The highest BCUT2D eigenvalue weighted by Gasteiger charge is 2.31. The quantitative estimate of drug-likeness (QED) is 0.167. The van der Waals surface area contributed by atoms with Crippen molar-refractivity contribution in [3.8, 4) is 11.5 Å². The number of aromatic amines is 1. The molecule has 1 unspecified atom stereocenters. The summed E-state index contributed by atoms with van der Waals surface area (Å²) >= 11 is 1.79. The van der Waals surface area contributed by atoms with Crippen LogP contribution in [0.25, 0.3) is 10.9 Å². The molecule has 1 aromatic heterocycles. The van der Waals surface area contributed by atoms with Gasteiger partial charge in [0.2, 0.25) is 0 Å². The molecule has 0 radical (unpaired) electrons. The normalized spacial score (nSPS) is 18.9. The summed E-state index contributed by atoms with van der Waals surface area (Å²) in [4.78, 5) is 8.04. The largest absolute Gasteiger partial charge is 0.497 e. The third-order valence-corrected chi connectivity index (χ3v) is 6.29. The Morgan fingerprint density at radius 3 is 2.77 bits per heavy atom. The highest BCUT2D eigenvalue weighted by molar-refractivity contribution is 14.0. The maximum atomic E-state index is 10.5. The van der Waals surface area contributed by atoms with Crippen LogP contribution in [-0.4, -0.2) is 67.0 Å². The monoisotopic (exact) mass is 548 g/mol. The fraction of sp³-hybridized carbons (Fsp3) is 0.571. The molecule has 1 atom stereocenters. The van der Waals surface area contributed by atoms with E-state index in [0.717, 1.165) is 77.9 Å². The Labute approximate surface area is 199 Å². The van der Waals surface area contributed by atoms with E-state index < -0.39 is 5.60 Å². The third kappa shape index (κ3) is 6.58. The highest BCUT2D eigenvalue weighted by Crippen LogP contribution is 2.31. The van der Waals surface area contributed by atoms with Crippen molar-refractivity contribution in [2.75, 3.05) is 45.4 Å². The van der Waals surface area contributed by atoms with Crippen molar-refractivity contribution in [1.82, 2.24) is 15.6 Å². The van der Waals surface area contributed by atoms with Gasteiger partial charge in [-0.2, -0.15) is 11.8 Å². The first kappa shape index (κ1) is 24.9. The molecule has 9 heteroatoms. The lowest BCUT2D eigenvalue weighted by atomic mass is 10.1. The van der Waals surface area contributed by atoms with Crippen LogP contribution in [0.5, 0.6) is 11.5 Å². The molecule has 3 rings (SSSR count). The average Bonchev–Trinajstić information content (AvgIpc) is 3.34. The molecular formula is C21H33IN4O3S. The van der Waals surface area contributed by atoms with Crippen molar-refractivity contribution < 1.29 is 14.6 Å². The predicted molar refractivity (Wildman–Crippen MR) is 136 cm³/mol. The van der Waals surface area contributed by atoms with Crippen molar-refractivity contribution in [2.24, 2.45) is 4.99 Å². The zero-order valence-corrected chi connectivity index (χ0v) is 21.1. The van der Waals surface area contributed by atoms with Gasteiger partial charge >= 0.3 is 0 Å². The van der Waals surface area contributed by atoms with Crippen molar-refractivity contribution in [2.45, 2.75) is 31.8 Å². The van der Waals surface area contributed by atoms with Gasteiger partial charge in [0, 0.05) is 42.1 Å². The maximum absolute atomic E-state index is 10.5. The Morgan fingerprint density at radius 1 is 1.27 bits per heavy atom. The lowest BCUT2D eigenvalue weighted by molar-refractivity contribution is 0.0778. The SMILES string of the molecule is CCNC(=NCC1(O)CCSC1)NCCCc1cc2c(OC)cc(OC)cc2[nH]1.I. The molecule has 0 spiro atoms. The first-order valence-electron chi connectivity index (χ1n) is 10.1. The molecule has 1 saturated heterocycles. The van der Waals surface area contributed by atoms with Gasteiger partial charge in [0.05, 0.1) is 31.9 Å². The van der Waals surface area contributed by atoms with E-state index in [1.54, 1.807) is 26.0 Å². The molecule has 1 aliphatic heterocycles. The molecule has 1 aromatic carbocycles. The molecule has 0 saturated carbocycles. The van der Waals surface area contributed by atoms with E-state index in [9.17, 15) is 5.11 Å². The molecule has 2 aromatic rings. The summed E-state index contributed by atoms with van der Waals surface area (Å²) in [5.74, 6) is 4.13. The standard InChI is InChI=1S/C21H32N4O3S.HI/c1-4-22-20(24-13-21(26)7-9-29-14-21)23-8-5-6-15-10-17-18(25-15)11-16(27-2)12-19(17)28-3;/h10-12,25-26H,4-9,13-14H2,1-3H3,(H2,22,23,24);1H. The van der Waals surface area contributed by atoms with Crippen molar-refractivity contribution in [1.29, 1.82) is 0 Å². The maximum Gasteiger partial charge on any atom is 0.191 e. The number of thioether (sulfide) groups is 1. The molecule has 1 aliphatic rings.